The number of aliphatic carboxylic acids is 1. The summed E-state index contributed by atoms with van der Waals surface area (Å²) in [6.45, 7) is 0. The number of hydrogen-bond acceptors (Lipinski definition) is 5. The number of primary amides is 1. The molecule has 19 heavy (non-hydrogen) atoms. The molecule has 0 fully saturated rings. The molecule has 7 heteroatoms. The average Bonchev–Trinajstić information content (AvgIpc) is 2.36. The number of ketones is 1. The lowest BCUT2D eigenvalue weighted by Gasteiger charge is -2.22. The molecule has 1 rings (SSSR count). The van der Waals surface area contributed by atoms with Gasteiger partial charge in [0.1, 0.15) is 0 Å². The highest BCUT2D eigenvalue weighted by Crippen LogP contribution is 2.15. The van der Waals surface area contributed by atoms with Gasteiger partial charge in [-0.3, -0.25) is 14.6 Å². The Morgan fingerprint density at radius 1 is 1.26 bits per heavy atom. The number of carbonyl (C=O) groups is 3. The molecule has 0 radical (unpaired) electrons. The van der Waals surface area contributed by atoms with E-state index in [1.54, 1.807) is 12.1 Å². The summed E-state index contributed by atoms with van der Waals surface area (Å²) in [5, 5.41) is 9.08. The molecule has 1 aromatic heterocycles. The van der Waals surface area contributed by atoms with Crippen LogP contribution >= 0.6 is 0 Å². The highest BCUT2D eigenvalue weighted by Gasteiger charge is 2.41. The number of carboxylic acids is 1. The fourth-order valence-corrected chi connectivity index (χ4v) is 1.53. The van der Waals surface area contributed by atoms with Crippen molar-refractivity contribution in [1.29, 1.82) is 0 Å². The van der Waals surface area contributed by atoms with E-state index in [1.807, 2.05) is 0 Å². The van der Waals surface area contributed by atoms with Crippen LogP contribution in [0.5, 0.6) is 0 Å². The van der Waals surface area contributed by atoms with Gasteiger partial charge in [-0.15, -0.1) is 0 Å². The van der Waals surface area contributed by atoms with Crippen molar-refractivity contribution in [3.8, 4) is 0 Å². The third-order valence-electron chi connectivity index (χ3n) is 2.76. The van der Waals surface area contributed by atoms with E-state index in [1.165, 1.54) is 12.4 Å². The number of nitrogens with two attached hydrogens (primary N) is 2. The molecule has 0 aliphatic carbocycles. The molecule has 0 saturated heterocycles. The molecule has 1 heterocycles. The Balaban J connectivity index is 2.84. The van der Waals surface area contributed by atoms with E-state index in [-0.39, 0.29) is 19.3 Å². The molecule has 0 unspecified atom stereocenters. The van der Waals surface area contributed by atoms with Crippen molar-refractivity contribution in [2.45, 2.75) is 24.8 Å². The summed E-state index contributed by atoms with van der Waals surface area (Å²) in [4.78, 5) is 37.7. The van der Waals surface area contributed by atoms with Gasteiger partial charge in [0, 0.05) is 25.2 Å². The van der Waals surface area contributed by atoms with E-state index >= 15 is 0 Å². The number of pyridine rings is 1. The Morgan fingerprint density at radius 2 is 1.84 bits per heavy atom. The molecule has 0 spiro atoms. The first kappa shape index (κ1) is 14.8. The topological polar surface area (TPSA) is 136 Å². The summed E-state index contributed by atoms with van der Waals surface area (Å²) in [5.41, 5.74) is 9.06. The Morgan fingerprint density at radius 3 is 2.32 bits per heavy atom. The molecule has 0 aliphatic heterocycles. The van der Waals surface area contributed by atoms with Crippen LogP contribution in [0.2, 0.25) is 0 Å². The number of nitrogens with zero attached hydrogens (tertiary/aromatic N) is 1. The summed E-state index contributed by atoms with van der Waals surface area (Å²) in [6, 6.07) is 3.18. The van der Waals surface area contributed by atoms with Crippen molar-refractivity contribution in [2.24, 2.45) is 11.5 Å². The van der Waals surface area contributed by atoms with Crippen molar-refractivity contribution < 1.29 is 19.5 Å². The van der Waals surface area contributed by atoms with E-state index < -0.39 is 23.2 Å². The van der Waals surface area contributed by atoms with Crippen LogP contribution in [0.3, 0.4) is 0 Å². The van der Waals surface area contributed by atoms with Gasteiger partial charge in [0.15, 0.2) is 11.3 Å². The van der Waals surface area contributed by atoms with Gasteiger partial charge in [-0.1, -0.05) is 0 Å². The monoisotopic (exact) mass is 265 g/mol. The molecule has 0 bridgehead atoms. The summed E-state index contributed by atoms with van der Waals surface area (Å²) in [6.07, 6.45) is 2.27. The second kappa shape index (κ2) is 6.05. The molecule has 1 amide bonds. The van der Waals surface area contributed by atoms with Crippen LogP contribution in [0.1, 0.15) is 18.4 Å². The second-order valence-corrected chi connectivity index (χ2v) is 4.20. The largest absolute Gasteiger partial charge is 0.480 e. The van der Waals surface area contributed by atoms with Crippen molar-refractivity contribution in [3.63, 3.8) is 0 Å². The molecule has 0 saturated carbocycles. The molecular formula is C12H15N3O4. The minimum absolute atomic E-state index is 0.135. The first-order valence-corrected chi connectivity index (χ1v) is 5.59. The number of carboxylic acid groups (broad SMARTS) is 1. The Bertz CT molecular complexity index is 489. The highest BCUT2D eigenvalue weighted by molar-refractivity contribution is 6.08. The predicted molar refractivity (Wildman–Crippen MR) is 65.9 cm³/mol. The zero-order valence-electron chi connectivity index (χ0n) is 10.2. The molecule has 102 valence electrons. The smallest absolute Gasteiger partial charge is 0.331 e. The van der Waals surface area contributed by atoms with Crippen molar-refractivity contribution >= 4 is 17.7 Å². The van der Waals surface area contributed by atoms with E-state index in [4.69, 9.17) is 16.6 Å². The quantitative estimate of drug-likeness (QED) is 0.554. The molecule has 1 atom stereocenters. The van der Waals surface area contributed by atoms with Crippen LogP contribution in [0.25, 0.3) is 0 Å². The van der Waals surface area contributed by atoms with Gasteiger partial charge >= 0.3 is 5.97 Å². The molecule has 5 N–H and O–H groups in total. The van der Waals surface area contributed by atoms with Gasteiger partial charge in [0.25, 0.3) is 0 Å². The Hall–Kier alpha value is -2.28. The van der Waals surface area contributed by atoms with E-state index in [0.29, 0.717) is 5.56 Å². The standard InChI is InChI=1S/C12H15N3O4/c13-10(17)1-4-12(14,11(18)19)9(16)7-8-2-5-15-6-3-8/h2-3,5-6H,1,4,7,14H2,(H2,13,17)(H,18,19)/t12-/m1/s1. The molecule has 0 aromatic carbocycles. The first-order chi connectivity index (χ1) is 8.86. The first-order valence-electron chi connectivity index (χ1n) is 5.59. The van der Waals surface area contributed by atoms with Crippen LogP contribution in [0.4, 0.5) is 0 Å². The Kier molecular flexibility index (Phi) is 4.71. The van der Waals surface area contributed by atoms with Crippen molar-refractivity contribution in [1.82, 2.24) is 4.98 Å². The maximum Gasteiger partial charge on any atom is 0.331 e. The molecular weight excluding hydrogens is 250 g/mol. The van der Waals surface area contributed by atoms with Gasteiger partial charge in [-0.25, -0.2) is 4.79 Å². The average molecular weight is 265 g/mol. The number of Topliss-reactive ketones (excluding diaryl/α,β-unsaturated/α-hetero) is 1. The van der Waals surface area contributed by atoms with Crippen LogP contribution < -0.4 is 11.5 Å². The zero-order chi connectivity index (χ0) is 14.5. The minimum Gasteiger partial charge on any atom is -0.480 e. The van der Waals surface area contributed by atoms with Crippen LogP contribution in [0.15, 0.2) is 24.5 Å². The third kappa shape index (κ3) is 3.85. The highest BCUT2D eigenvalue weighted by atomic mass is 16.4. The molecule has 1 aromatic rings. The van der Waals surface area contributed by atoms with Gasteiger partial charge in [-0.05, 0) is 24.1 Å². The van der Waals surface area contributed by atoms with Gasteiger partial charge in [0.2, 0.25) is 5.91 Å². The summed E-state index contributed by atoms with van der Waals surface area (Å²) >= 11 is 0. The lowest BCUT2D eigenvalue weighted by Crippen LogP contribution is -2.56. The maximum absolute atomic E-state index is 12.0. The van der Waals surface area contributed by atoms with Gasteiger partial charge in [-0.2, -0.15) is 0 Å². The lowest BCUT2D eigenvalue weighted by molar-refractivity contribution is -0.148. The number of amides is 1. The summed E-state index contributed by atoms with van der Waals surface area (Å²) in [7, 11) is 0. The lowest BCUT2D eigenvalue weighted by atomic mass is 9.86. The van der Waals surface area contributed by atoms with E-state index in [9.17, 15) is 14.4 Å². The second-order valence-electron chi connectivity index (χ2n) is 4.20. The number of carbonyl (C=O) groups excluding carboxylic acids is 2. The van der Waals surface area contributed by atoms with Crippen LogP contribution in [0, 0.1) is 0 Å². The maximum atomic E-state index is 12.0. The number of hydrogen-bond donors (Lipinski definition) is 3. The Labute approximate surface area is 109 Å². The minimum atomic E-state index is -2.10. The normalized spacial score (nSPS) is 13.5. The fourth-order valence-electron chi connectivity index (χ4n) is 1.53. The number of aromatic nitrogens is 1. The van der Waals surface area contributed by atoms with Crippen LogP contribution in [-0.4, -0.2) is 33.3 Å². The van der Waals surface area contributed by atoms with Crippen molar-refractivity contribution in [3.05, 3.63) is 30.1 Å². The fraction of sp³-hybridized carbons (Fsp3) is 0.333. The van der Waals surface area contributed by atoms with Gasteiger partial charge < -0.3 is 16.6 Å². The SMILES string of the molecule is NC(=O)CC[C@](N)(C(=O)O)C(=O)Cc1ccncc1. The van der Waals surface area contributed by atoms with E-state index in [2.05, 4.69) is 4.98 Å². The predicted octanol–water partition coefficient (Wildman–Crippen LogP) is -0.759. The third-order valence-corrected chi connectivity index (χ3v) is 2.76. The van der Waals surface area contributed by atoms with Crippen molar-refractivity contribution in [2.75, 3.05) is 0 Å². The van der Waals surface area contributed by atoms with E-state index in [0.717, 1.165) is 0 Å². The molecule has 7 nitrogen and oxygen atoms in total. The zero-order valence-corrected chi connectivity index (χ0v) is 10.2. The summed E-state index contributed by atoms with van der Waals surface area (Å²) < 4.78 is 0. The number of rotatable bonds is 7. The summed E-state index contributed by atoms with van der Waals surface area (Å²) in [5.74, 6) is -2.84. The van der Waals surface area contributed by atoms with Gasteiger partial charge in [0.05, 0.1) is 0 Å². The van der Waals surface area contributed by atoms with Crippen LogP contribution in [-0.2, 0) is 20.8 Å². The molecule has 0 aliphatic rings.